The largest absolute Gasteiger partial charge is 0.493 e. The summed E-state index contributed by atoms with van der Waals surface area (Å²) in [6.45, 7) is 12.8. The predicted octanol–water partition coefficient (Wildman–Crippen LogP) is 4.34. The van der Waals surface area contributed by atoms with Crippen LogP contribution in [0.3, 0.4) is 0 Å². The Morgan fingerprint density at radius 2 is 1.90 bits per heavy atom. The van der Waals surface area contributed by atoms with Gasteiger partial charge in [-0.25, -0.2) is 4.79 Å². The maximum Gasteiger partial charge on any atom is 0.338 e. The number of carbonyl (C=O) groups excluding carboxylic acids is 1. The maximum absolute atomic E-state index is 12.0. The first kappa shape index (κ1) is 16.5. The maximum atomic E-state index is 12.0. The van der Waals surface area contributed by atoms with E-state index >= 15 is 0 Å². The normalized spacial score (nSPS) is 11.6. The lowest BCUT2D eigenvalue weighted by atomic mass is 9.85. The summed E-state index contributed by atoms with van der Waals surface area (Å²) in [6.07, 6.45) is 0.845. The first-order valence-corrected chi connectivity index (χ1v) is 7.24. The number of esters is 1. The van der Waals surface area contributed by atoms with Crippen molar-refractivity contribution >= 4 is 5.97 Å². The molecule has 0 saturated carbocycles. The van der Waals surface area contributed by atoms with Crippen LogP contribution in [0.25, 0.3) is 0 Å². The number of hydrogen-bond donors (Lipinski definition) is 0. The van der Waals surface area contributed by atoms with Crippen LogP contribution in [-0.4, -0.2) is 18.7 Å². The van der Waals surface area contributed by atoms with E-state index in [-0.39, 0.29) is 17.5 Å². The van der Waals surface area contributed by atoms with Gasteiger partial charge in [0, 0.05) is 5.56 Å². The molecule has 0 heterocycles. The molecule has 0 aliphatic carbocycles. The van der Waals surface area contributed by atoms with Crippen LogP contribution in [0, 0.1) is 0 Å². The number of ether oxygens (including phenoxy) is 2. The van der Waals surface area contributed by atoms with E-state index in [9.17, 15) is 4.79 Å². The molecule has 0 N–H and O–H groups in total. The molecule has 112 valence electrons. The van der Waals surface area contributed by atoms with E-state index in [1.54, 1.807) is 6.07 Å². The third-order valence-electron chi connectivity index (χ3n) is 2.83. The van der Waals surface area contributed by atoms with E-state index in [1.165, 1.54) is 0 Å². The van der Waals surface area contributed by atoms with Gasteiger partial charge in [0.2, 0.25) is 0 Å². The molecule has 1 aromatic rings. The van der Waals surface area contributed by atoms with E-state index in [4.69, 9.17) is 9.47 Å². The Morgan fingerprint density at radius 1 is 1.25 bits per heavy atom. The molecular weight excluding hydrogens is 252 g/mol. The van der Waals surface area contributed by atoms with Crippen molar-refractivity contribution in [3.8, 4) is 5.75 Å². The highest BCUT2D eigenvalue weighted by Gasteiger charge is 2.21. The van der Waals surface area contributed by atoms with Crippen LogP contribution in [0.4, 0.5) is 0 Å². The van der Waals surface area contributed by atoms with Crippen LogP contribution < -0.4 is 4.74 Å². The highest BCUT2D eigenvalue weighted by molar-refractivity contribution is 5.90. The first-order valence-electron chi connectivity index (χ1n) is 7.24. The smallest absolute Gasteiger partial charge is 0.338 e. The van der Waals surface area contributed by atoms with Crippen molar-refractivity contribution in [3.63, 3.8) is 0 Å². The van der Waals surface area contributed by atoms with Crippen molar-refractivity contribution in [2.45, 2.75) is 59.5 Å². The summed E-state index contributed by atoms with van der Waals surface area (Å²) in [4.78, 5) is 12.0. The topological polar surface area (TPSA) is 35.5 Å². The van der Waals surface area contributed by atoms with Crippen molar-refractivity contribution in [2.24, 2.45) is 0 Å². The van der Waals surface area contributed by atoms with E-state index in [0.717, 1.165) is 17.7 Å². The standard InChI is InChI=1S/C17H26O3/c1-7-10-19-15-9-8-13(16(18)20-12(2)3)11-14(15)17(4,5)6/h8-9,11-12H,7,10H2,1-6H3. The summed E-state index contributed by atoms with van der Waals surface area (Å²) in [5.74, 6) is 0.563. The summed E-state index contributed by atoms with van der Waals surface area (Å²) in [7, 11) is 0. The van der Waals surface area contributed by atoms with Gasteiger partial charge in [0.15, 0.2) is 0 Å². The summed E-state index contributed by atoms with van der Waals surface area (Å²) < 4.78 is 11.0. The summed E-state index contributed by atoms with van der Waals surface area (Å²) >= 11 is 0. The molecule has 0 saturated heterocycles. The minimum absolute atomic E-state index is 0.0861. The van der Waals surface area contributed by atoms with E-state index in [0.29, 0.717) is 12.2 Å². The lowest BCUT2D eigenvalue weighted by molar-refractivity contribution is 0.0377. The lowest BCUT2D eigenvalue weighted by Gasteiger charge is -2.23. The van der Waals surface area contributed by atoms with Gasteiger partial charge in [-0.3, -0.25) is 0 Å². The number of hydrogen-bond acceptors (Lipinski definition) is 3. The van der Waals surface area contributed by atoms with Crippen molar-refractivity contribution in [3.05, 3.63) is 29.3 Å². The molecule has 0 aliphatic heterocycles. The Bertz CT molecular complexity index is 456. The Balaban J connectivity index is 3.11. The Kier molecular flexibility index (Phi) is 5.61. The molecule has 3 nitrogen and oxygen atoms in total. The zero-order valence-electron chi connectivity index (χ0n) is 13.4. The van der Waals surface area contributed by atoms with Crippen molar-refractivity contribution in [1.82, 2.24) is 0 Å². The zero-order chi connectivity index (χ0) is 15.3. The summed E-state index contributed by atoms with van der Waals surface area (Å²) in [5, 5.41) is 0. The quantitative estimate of drug-likeness (QED) is 0.752. The van der Waals surface area contributed by atoms with E-state index in [1.807, 2.05) is 26.0 Å². The molecule has 0 amide bonds. The van der Waals surface area contributed by atoms with Crippen LogP contribution >= 0.6 is 0 Å². The molecule has 0 spiro atoms. The van der Waals surface area contributed by atoms with E-state index in [2.05, 4.69) is 27.7 Å². The third kappa shape index (κ3) is 4.55. The SMILES string of the molecule is CCCOc1ccc(C(=O)OC(C)C)cc1C(C)(C)C. The van der Waals surface area contributed by atoms with Crippen molar-refractivity contribution < 1.29 is 14.3 Å². The highest BCUT2D eigenvalue weighted by Crippen LogP contribution is 2.32. The van der Waals surface area contributed by atoms with Crippen LogP contribution in [0.15, 0.2) is 18.2 Å². The van der Waals surface area contributed by atoms with Crippen LogP contribution in [0.1, 0.15) is 63.9 Å². The minimum Gasteiger partial charge on any atom is -0.493 e. The second kappa shape index (κ2) is 6.78. The van der Waals surface area contributed by atoms with Gasteiger partial charge >= 0.3 is 5.97 Å². The molecule has 3 heteroatoms. The second-order valence-corrected chi connectivity index (χ2v) is 6.26. The zero-order valence-corrected chi connectivity index (χ0v) is 13.4. The van der Waals surface area contributed by atoms with Gasteiger partial charge in [-0.2, -0.15) is 0 Å². The number of carbonyl (C=O) groups is 1. The van der Waals surface area contributed by atoms with Crippen LogP contribution in [-0.2, 0) is 10.2 Å². The average molecular weight is 278 g/mol. The average Bonchev–Trinajstić information content (AvgIpc) is 2.34. The van der Waals surface area contributed by atoms with E-state index < -0.39 is 0 Å². The second-order valence-electron chi connectivity index (χ2n) is 6.26. The Labute approximate surface area is 122 Å². The highest BCUT2D eigenvalue weighted by atomic mass is 16.5. The molecular formula is C17H26O3. The van der Waals surface area contributed by atoms with Crippen LogP contribution in [0.2, 0.25) is 0 Å². The molecule has 0 bridgehead atoms. The molecule has 0 aromatic heterocycles. The number of rotatable bonds is 5. The van der Waals surface area contributed by atoms with Crippen molar-refractivity contribution in [2.75, 3.05) is 6.61 Å². The molecule has 20 heavy (non-hydrogen) atoms. The molecule has 0 aliphatic rings. The van der Waals surface area contributed by atoms with Gasteiger partial charge in [0.05, 0.1) is 18.3 Å². The van der Waals surface area contributed by atoms with Crippen LogP contribution in [0.5, 0.6) is 5.75 Å². The lowest BCUT2D eigenvalue weighted by Crippen LogP contribution is -2.17. The fourth-order valence-electron chi connectivity index (χ4n) is 1.86. The monoisotopic (exact) mass is 278 g/mol. The van der Waals surface area contributed by atoms with Crippen molar-refractivity contribution in [1.29, 1.82) is 0 Å². The summed E-state index contributed by atoms with van der Waals surface area (Å²) in [6, 6.07) is 5.52. The van der Waals surface area contributed by atoms with Gasteiger partial charge in [-0.1, -0.05) is 27.7 Å². The fraction of sp³-hybridized carbons (Fsp3) is 0.588. The van der Waals surface area contributed by atoms with Gasteiger partial charge in [-0.15, -0.1) is 0 Å². The number of benzene rings is 1. The Morgan fingerprint density at radius 3 is 2.40 bits per heavy atom. The predicted molar refractivity (Wildman–Crippen MR) is 81.5 cm³/mol. The fourth-order valence-corrected chi connectivity index (χ4v) is 1.86. The molecule has 0 unspecified atom stereocenters. The summed E-state index contributed by atoms with van der Waals surface area (Å²) in [5.41, 5.74) is 1.52. The molecule has 0 atom stereocenters. The Hall–Kier alpha value is -1.51. The molecule has 0 radical (unpaired) electrons. The van der Waals surface area contributed by atoms with Gasteiger partial charge < -0.3 is 9.47 Å². The molecule has 0 fully saturated rings. The first-order chi connectivity index (χ1) is 9.25. The third-order valence-corrected chi connectivity index (χ3v) is 2.83. The molecule has 1 aromatic carbocycles. The van der Waals surface area contributed by atoms with Gasteiger partial charge in [-0.05, 0) is 43.9 Å². The molecule has 1 rings (SSSR count). The minimum atomic E-state index is -0.285. The van der Waals surface area contributed by atoms with Gasteiger partial charge in [0.25, 0.3) is 0 Å². The van der Waals surface area contributed by atoms with Gasteiger partial charge in [0.1, 0.15) is 5.75 Å².